The maximum absolute atomic E-state index is 13.4. The van der Waals surface area contributed by atoms with Crippen LogP contribution in [0.25, 0.3) is 12.2 Å². The van der Waals surface area contributed by atoms with Crippen LogP contribution in [0.1, 0.15) is 61.6 Å². The molecule has 5 nitrogen and oxygen atoms in total. The van der Waals surface area contributed by atoms with E-state index < -0.39 is 0 Å². The maximum atomic E-state index is 13.4. The van der Waals surface area contributed by atoms with Crippen molar-refractivity contribution in [3.05, 3.63) is 65.2 Å². The first-order chi connectivity index (χ1) is 17.0. The van der Waals surface area contributed by atoms with Gasteiger partial charge in [-0.3, -0.25) is 9.59 Å². The molecule has 5 rings (SSSR count). The first kappa shape index (κ1) is 23.8. The molecular weight excluding hydrogens is 434 g/mol. The average Bonchev–Trinajstić information content (AvgIpc) is 2.87. The van der Waals surface area contributed by atoms with Crippen LogP contribution in [-0.2, 0) is 16.1 Å². The summed E-state index contributed by atoms with van der Waals surface area (Å²) in [6, 6.07) is 16.2. The van der Waals surface area contributed by atoms with Crippen molar-refractivity contribution in [2.45, 2.75) is 51.5 Å². The molecule has 2 amide bonds. The molecule has 2 aromatic carbocycles. The molecule has 0 unspecified atom stereocenters. The highest BCUT2D eigenvalue weighted by molar-refractivity contribution is 5.97. The van der Waals surface area contributed by atoms with Crippen molar-refractivity contribution in [1.29, 1.82) is 0 Å². The van der Waals surface area contributed by atoms with Gasteiger partial charge in [0.2, 0.25) is 11.8 Å². The molecule has 3 aliphatic rings. The lowest BCUT2D eigenvalue weighted by molar-refractivity contribution is -0.127. The minimum Gasteiger partial charge on any atom is -0.355 e. The van der Waals surface area contributed by atoms with E-state index in [-0.39, 0.29) is 17.7 Å². The van der Waals surface area contributed by atoms with Crippen LogP contribution in [0.2, 0.25) is 0 Å². The number of likely N-dealkylation sites (tertiary alicyclic amines) is 1. The Labute approximate surface area is 209 Å². The number of benzene rings is 2. The summed E-state index contributed by atoms with van der Waals surface area (Å²) in [5, 5.41) is 3.08. The van der Waals surface area contributed by atoms with Gasteiger partial charge < -0.3 is 15.1 Å². The second-order valence-corrected chi connectivity index (χ2v) is 10.7. The molecule has 1 spiro atoms. The van der Waals surface area contributed by atoms with Gasteiger partial charge in [0.25, 0.3) is 0 Å². The van der Waals surface area contributed by atoms with Crippen LogP contribution in [0.3, 0.4) is 0 Å². The van der Waals surface area contributed by atoms with Crippen LogP contribution >= 0.6 is 0 Å². The number of para-hydroxylation sites is 1. The molecule has 1 saturated carbocycles. The van der Waals surface area contributed by atoms with Gasteiger partial charge in [-0.25, -0.2) is 0 Å². The molecule has 5 heteroatoms. The number of nitrogens with zero attached hydrogens (tertiary/aromatic N) is 2. The van der Waals surface area contributed by atoms with Gasteiger partial charge in [-0.1, -0.05) is 54.6 Å². The minimum absolute atomic E-state index is 0.0387. The van der Waals surface area contributed by atoms with Crippen molar-refractivity contribution in [3.8, 4) is 0 Å². The molecule has 0 bridgehead atoms. The number of fused-ring (bicyclic) bond motifs is 2. The number of nitrogens with one attached hydrogen (secondary N) is 1. The van der Waals surface area contributed by atoms with Crippen LogP contribution in [0.5, 0.6) is 0 Å². The molecule has 1 aliphatic carbocycles. The molecule has 0 radical (unpaired) electrons. The molecule has 0 aromatic heterocycles. The Morgan fingerprint density at radius 2 is 1.57 bits per heavy atom. The fourth-order valence-electron chi connectivity index (χ4n) is 6.03. The Kier molecular flexibility index (Phi) is 7.05. The van der Waals surface area contributed by atoms with Crippen molar-refractivity contribution < 1.29 is 9.59 Å². The lowest BCUT2D eigenvalue weighted by Crippen LogP contribution is -2.43. The fraction of sp³-hybridized carbons (Fsp3) is 0.467. The van der Waals surface area contributed by atoms with E-state index in [1.165, 1.54) is 25.9 Å². The van der Waals surface area contributed by atoms with Gasteiger partial charge in [-0.05, 0) is 86.8 Å². The Morgan fingerprint density at radius 3 is 2.34 bits per heavy atom. The predicted octanol–water partition coefficient (Wildman–Crippen LogP) is 5.11. The fourth-order valence-corrected chi connectivity index (χ4v) is 6.03. The molecule has 2 aromatic rings. The Morgan fingerprint density at radius 1 is 0.914 bits per heavy atom. The zero-order chi connectivity index (χ0) is 24.3. The van der Waals surface area contributed by atoms with Crippen LogP contribution in [0.15, 0.2) is 48.5 Å². The average molecular weight is 472 g/mol. The number of hydrogen-bond donors (Lipinski definition) is 1. The maximum Gasteiger partial charge on any atom is 0.229 e. The normalized spacial score (nSPS) is 20.9. The first-order valence-electron chi connectivity index (χ1n) is 13.1. The zero-order valence-corrected chi connectivity index (χ0v) is 20.8. The lowest BCUT2D eigenvalue weighted by Gasteiger charge is -2.45. The largest absolute Gasteiger partial charge is 0.355 e. The molecule has 1 saturated heterocycles. The third-order valence-corrected chi connectivity index (χ3v) is 8.46. The summed E-state index contributed by atoms with van der Waals surface area (Å²) in [5.41, 5.74) is 4.67. The summed E-state index contributed by atoms with van der Waals surface area (Å²) in [6.07, 6.45) is 11.3. The number of amides is 2. The summed E-state index contributed by atoms with van der Waals surface area (Å²) in [5.74, 6) is 0.258. The van der Waals surface area contributed by atoms with E-state index in [1.807, 2.05) is 41.3 Å². The zero-order valence-electron chi connectivity index (χ0n) is 20.8. The molecule has 2 heterocycles. The van der Waals surface area contributed by atoms with Crippen LogP contribution in [0, 0.1) is 11.3 Å². The number of carbonyl (C=O) groups is 2. The van der Waals surface area contributed by atoms with Gasteiger partial charge >= 0.3 is 0 Å². The quantitative estimate of drug-likeness (QED) is 0.674. The van der Waals surface area contributed by atoms with Gasteiger partial charge in [-0.15, -0.1) is 0 Å². The number of carbonyl (C=O) groups excluding carboxylic acids is 2. The van der Waals surface area contributed by atoms with E-state index >= 15 is 0 Å². The van der Waals surface area contributed by atoms with Crippen molar-refractivity contribution in [3.63, 3.8) is 0 Å². The van der Waals surface area contributed by atoms with Gasteiger partial charge in [0.1, 0.15) is 0 Å². The standard InChI is InChI=1S/C30H37N3O2/c1-32-20-17-30(18-21-32)15-12-25(13-16-30)29(35)31-19-14-28(34)33-22-26-8-3-2-6-23(26)10-11-24-7-4-5-9-27(24)33/h2-11,25H,12-22H2,1H3,(H,31,35)/b11-10-. The van der Waals surface area contributed by atoms with Gasteiger partial charge in [0.15, 0.2) is 0 Å². The van der Waals surface area contributed by atoms with Crippen molar-refractivity contribution in [2.75, 3.05) is 31.6 Å². The summed E-state index contributed by atoms with van der Waals surface area (Å²) in [6.45, 7) is 3.28. The van der Waals surface area contributed by atoms with E-state index in [1.54, 1.807) is 0 Å². The SMILES string of the molecule is CN1CCC2(CCC(C(=O)NCCC(=O)N3Cc4ccccc4/C=C\c4ccccc43)CC2)CC1. The highest BCUT2D eigenvalue weighted by Crippen LogP contribution is 2.46. The van der Waals surface area contributed by atoms with Gasteiger partial charge in [0, 0.05) is 18.9 Å². The van der Waals surface area contributed by atoms with Crippen LogP contribution in [-0.4, -0.2) is 43.4 Å². The number of piperidine rings is 1. The molecule has 2 fully saturated rings. The summed E-state index contributed by atoms with van der Waals surface area (Å²) in [4.78, 5) is 30.5. The van der Waals surface area contributed by atoms with E-state index in [0.29, 0.717) is 24.9 Å². The summed E-state index contributed by atoms with van der Waals surface area (Å²) < 4.78 is 0. The highest BCUT2D eigenvalue weighted by Gasteiger charge is 2.39. The van der Waals surface area contributed by atoms with Crippen molar-refractivity contribution >= 4 is 29.7 Å². The number of hydrogen-bond acceptors (Lipinski definition) is 3. The van der Waals surface area contributed by atoms with Crippen molar-refractivity contribution in [2.24, 2.45) is 11.3 Å². The Balaban J connectivity index is 1.17. The van der Waals surface area contributed by atoms with E-state index in [0.717, 1.165) is 48.1 Å². The third kappa shape index (κ3) is 5.35. The minimum atomic E-state index is 0.0387. The Hall–Kier alpha value is -2.92. The van der Waals surface area contributed by atoms with Crippen LogP contribution in [0.4, 0.5) is 5.69 Å². The molecule has 0 atom stereocenters. The molecule has 35 heavy (non-hydrogen) atoms. The molecule has 2 aliphatic heterocycles. The predicted molar refractivity (Wildman–Crippen MR) is 142 cm³/mol. The molecular formula is C30H37N3O2. The van der Waals surface area contributed by atoms with Gasteiger partial charge in [-0.2, -0.15) is 0 Å². The topological polar surface area (TPSA) is 52.7 Å². The highest BCUT2D eigenvalue weighted by atomic mass is 16.2. The third-order valence-electron chi connectivity index (χ3n) is 8.46. The monoisotopic (exact) mass is 471 g/mol. The first-order valence-corrected chi connectivity index (χ1v) is 13.1. The second kappa shape index (κ2) is 10.4. The number of anilines is 1. The summed E-state index contributed by atoms with van der Waals surface area (Å²) >= 11 is 0. The van der Waals surface area contributed by atoms with E-state index in [2.05, 4.69) is 41.5 Å². The second-order valence-electron chi connectivity index (χ2n) is 10.7. The lowest BCUT2D eigenvalue weighted by atomic mass is 9.65. The van der Waals surface area contributed by atoms with Gasteiger partial charge in [0.05, 0.1) is 12.2 Å². The Bertz CT molecular complexity index is 1090. The smallest absolute Gasteiger partial charge is 0.229 e. The summed E-state index contributed by atoms with van der Waals surface area (Å²) in [7, 11) is 2.20. The van der Waals surface area contributed by atoms with E-state index in [9.17, 15) is 9.59 Å². The molecule has 184 valence electrons. The number of rotatable bonds is 4. The van der Waals surface area contributed by atoms with E-state index in [4.69, 9.17) is 0 Å². The van der Waals surface area contributed by atoms with Crippen molar-refractivity contribution in [1.82, 2.24) is 10.2 Å². The van der Waals surface area contributed by atoms with Crippen LogP contribution < -0.4 is 10.2 Å². The molecule has 1 N–H and O–H groups in total.